The molecule has 0 atom stereocenters. The van der Waals surface area contributed by atoms with Gasteiger partial charge < -0.3 is 4.74 Å². The number of aryl methyl sites for hydroxylation is 1. The fourth-order valence-electron chi connectivity index (χ4n) is 2.12. The Morgan fingerprint density at radius 3 is 2.90 bits per heavy atom. The number of methoxy groups -OCH3 is 1. The molecule has 104 valence electrons. The summed E-state index contributed by atoms with van der Waals surface area (Å²) in [6, 6.07) is 7.50. The van der Waals surface area contributed by atoms with Crippen LogP contribution in [0.25, 0.3) is 16.7 Å². The molecule has 0 bridgehead atoms. The van der Waals surface area contributed by atoms with E-state index in [1.807, 2.05) is 28.7 Å². The highest BCUT2D eigenvalue weighted by molar-refractivity contribution is 7.99. The van der Waals surface area contributed by atoms with Crippen molar-refractivity contribution in [1.82, 2.24) is 19.2 Å². The standard InChI is InChI=1S/C13H14N4O2S/c1-16-11(18)9-5-3-4-6-10(9)17-12(16)14-15-13(17)20-8-7-19-2/h3-6H,7-8H2,1-2H3. The summed E-state index contributed by atoms with van der Waals surface area (Å²) in [5, 5.41) is 9.73. The van der Waals surface area contributed by atoms with E-state index < -0.39 is 0 Å². The summed E-state index contributed by atoms with van der Waals surface area (Å²) >= 11 is 1.56. The first-order chi connectivity index (χ1) is 9.74. The highest BCUT2D eigenvalue weighted by atomic mass is 32.2. The van der Waals surface area contributed by atoms with Crippen LogP contribution in [0, 0.1) is 0 Å². The van der Waals surface area contributed by atoms with Gasteiger partial charge in [0.2, 0.25) is 5.78 Å². The molecule has 3 rings (SSSR count). The summed E-state index contributed by atoms with van der Waals surface area (Å²) < 4.78 is 8.49. The maximum atomic E-state index is 12.3. The normalized spacial score (nSPS) is 11.5. The molecule has 0 unspecified atom stereocenters. The summed E-state index contributed by atoms with van der Waals surface area (Å²) in [6.45, 7) is 0.642. The van der Waals surface area contributed by atoms with E-state index in [2.05, 4.69) is 10.2 Å². The van der Waals surface area contributed by atoms with E-state index in [4.69, 9.17) is 4.74 Å². The minimum Gasteiger partial charge on any atom is -0.384 e. The molecule has 2 aromatic heterocycles. The van der Waals surface area contributed by atoms with Crippen LogP contribution in [-0.4, -0.2) is 38.6 Å². The largest absolute Gasteiger partial charge is 0.384 e. The summed E-state index contributed by atoms with van der Waals surface area (Å²) in [7, 11) is 3.38. The number of nitrogens with zero attached hydrogens (tertiary/aromatic N) is 4. The van der Waals surface area contributed by atoms with Gasteiger partial charge in [0.25, 0.3) is 5.56 Å². The lowest BCUT2D eigenvalue weighted by molar-refractivity contribution is 0.218. The van der Waals surface area contributed by atoms with E-state index in [1.54, 1.807) is 25.9 Å². The van der Waals surface area contributed by atoms with Crippen molar-refractivity contribution in [2.45, 2.75) is 5.16 Å². The Morgan fingerprint density at radius 2 is 2.10 bits per heavy atom. The highest BCUT2D eigenvalue weighted by Crippen LogP contribution is 2.20. The summed E-state index contributed by atoms with van der Waals surface area (Å²) in [5.74, 6) is 1.34. The Kier molecular flexibility index (Phi) is 3.45. The van der Waals surface area contributed by atoms with Crippen molar-refractivity contribution in [2.24, 2.45) is 7.05 Å². The van der Waals surface area contributed by atoms with E-state index in [0.29, 0.717) is 17.8 Å². The lowest BCUT2D eigenvalue weighted by Gasteiger charge is -2.07. The molecular formula is C13H14N4O2S. The second kappa shape index (κ2) is 5.26. The average Bonchev–Trinajstić information content (AvgIpc) is 2.89. The van der Waals surface area contributed by atoms with Crippen molar-refractivity contribution in [1.29, 1.82) is 0 Å². The molecule has 0 aliphatic heterocycles. The Labute approximate surface area is 119 Å². The molecule has 7 heteroatoms. The minimum atomic E-state index is -0.0612. The van der Waals surface area contributed by atoms with E-state index in [0.717, 1.165) is 16.4 Å². The van der Waals surface area contributed by atoms with Gasteiger partial charge in [-0.1, -0.05) is 23.9 Å². The lowest BCUT2D eigenvalue weighted by atomic mass is 10.2. The summed E-state index contributed by atoms with van der Waals surface area (Å²) in [4.78, 5) is 12.3. The first-order valence-corrected chi connectivity index (χ1v) is 7.17. The fraction of sp³-hybridized carbons (Fsp3) is 0.308. The van der Waals surface area contributed by atoms with E-state index in [-0.39, 0.29) is 5.56 Å². The van der Waals surface area contributed by atoms with Gasteiger partial charge in [-0.2, -0.15) is 0 Å². The van der Waals surface area contributed by atoms with Crippen LogP contribution in [0.5, 0.6) is 0 Å². The fourth-order valence-corrected chi connectivity index (χ4v) is 2.96. The number of rotatable bonds is 4. The Hall–Kier alpha value is -1.86. The smallest absolute Gasteiger partial charge is 0.262 e. The number of aromatic nitrogens is 4. The minimum absolute atomic E-state index is 0.0612. The van der Waals surface area contributed by atoms with Crippen LogP contribution in [0.15, 0.2) is 34.2 Å². The van der Waals surface area contributed by atoms with Crippen LogP contribution in [0.2, 0.25) is 0 Å². The van der Waals surface area contributed by atoms with Crippen LogP contribution in [0.4, 0.5) is 0 Å². The van der Waals surface area contributed by atoms with Gasteiger partial charge in [-0.15, -0.1) is 10.2 Å². The van der Waals surface area contributed by atoms with Crippen LogP contribution < -0.4 is 5.56 Å². The molecule has 0 aliphatic rings. The lowest BCUT2D eigenvalue weighted by Crippen LogP contribution is -2.20. The van der Waals surface area contributed by atoms with Crippen molar-refractivity contribution < 1.29 is 4.74 Å². The molecule has 0 spiro atoms. The molecule has 0 radical (unpaired) electrons. The van der Waals surface area contributed by atoms with Crippen LogP contribution in [0.3, 0.4) is 0 Å². The summed E-state index contributed by atoms with van der Waals surface area (Å²) in [5.41, 5.74) is 0.768. The first kappa shape index (κ1) is 13.1. The molecule has 3 aromatic rings. The van der Waals surface area contributed by atoms with Crippen LogP contribution in [0.1, 0.15) is 0 Å². The monoisotopic (exact) mass is 290 g/mol. The zero-order chi connectivity index (χ0) is 14.1. The van der Waals surface area contributed by atoms with Crippen molar-refractivity contribution >= 4 is 28.4 Å². The van der Waals surface area contributed by atoms with Gasteiger partial charge in [0.1, 0.15) is 0 Å². The molecule has 1 aromatic carbocycles. The third kappa shape index (κ3) is 1.99. The number of hydrogen-bond donors (Lipinski definition) is 0. The van der Waals surface area contributed by atoms with Crippen molar-refractivity contribution in [3.63, 3.8) is 0 Å². The molecule has 2 heterocycles. The van der Waals surface area contributed by atoms with Crippen LogP contribution in [-0.2, 0) is 11.8 Å². The summed E-state index contributed by atoms with van der Waals surface area (Å²) in [6.07, 6.45) is 0. The number of para-hydroxylation sites is 1. The van der Waals surface area contributed by atoms with Gasteiger partial charge in [-0.25, -0.2) is 0 Å². The zero-order valence-corrected chi connectivity index (χ0v) is 12.1. The number of thioether (sulfide) groups is 1. The van der Waals surface area contributed by atoms with Gasteiger partial charge in [0.15, 0.2) is 5.16 Å². The predicted molar refractivity (Wildman–Crippen MR) is 78.3 cm³/mol. The first-order valence-electron chi connectivity index (χ1n) is 6.18. The van der Waals surface area contributed by atoms with E-state index >= 15 is 0 Å². The third-order valence-corrected chi connectivity index (χ3v) is 4.01. The highest BCUT2D eigenvalue weighted by Gasteiger charge is 2.14. The van der Waals surface area contributed by atoms with Crippen molar-refractivity contribution in [3.8, 4) is 0 Å². The van der Waals surface area contributed by atoms with Gasteiger partial charge in [-0.3, -0.25) is 13.8 Å². The molecule has 0 amide bonds. The average molecular weight is 290 g/mol. The molecule has 6 nitrogen and oxygen atoms in total. The van der Waals surface area contributed by atoms with E-state index in [9.17, 15) is 4.79 Å². The maximum absolute atomic E-state index is 12.3. The Bertz CT molecular complexity index is 824. The maximum Gasteiger partial charge on any atom is 0.262 e. The zero-order valence-electron chi connectivity index (χ0n) is 11.2. The Morgan fingerprint density at radius 1 is 1.30 bits per heavy atom. The van der Waals surface area contributed by atoms with Crippen molar-refractivity contribution in [2.75, 3.05) is 19.5 Å². The third-order valence-electron chi connectivity index (χ3n) is 3.11. The number of fused-ring (bicyclic) bond motifs is 3. The van der Waals surface area contributed by atoms with Crippen molar-refractivity contribution in [3.05, 3.63) is 34.6 Å². The quantitative estimate of drug-likeness (QED) is 0.536. The molecule has 0 saturated heterocycles. The van der Waals surface area contributed by atoms with Gasteiger partial charge in [0.05, 0.1) is 17.5 Å². The van der Waals surface area contributed by atoms with Gasteiger partial charge in [0, 0.05) is 19.9 Å². The molecule has 0 aliphatic carbocycles. The SMILES string of the molecule is COCCSc1nnc2n(C)c(=O)c3ccccc3n12. The topological polar surface area (TPSA) is 61.4 Å². The molecule has 0 N–H and O–H groups in total. The second-order valence-electron chi connectivity index (χ2n) is 4.34. The number of ether oxygens (including phenoxy) is 1. The molecule has 20 heavy (non-hydrogen) atoms. The van der Waals surface area contributed by atoms with Crippen LogP contribution >= 0.6 is 11.8 Å². The Balaban J connectivity index is 2.27. The van der Waals surface area contributed by atoms with Gasteiger partial charge >= 0.3 is 0 Å². The van der Waals surface area contributed by atoms with E-state index in [1.165, 1.54) is 4.57 Å². The number of benzene rings is 1. The molecule has 0 fully saturated rings. The number of hydrogen-bond acceptors (Lipinski definition) is 5. The molecule has 0 saturated carbocycles. The predicted octanol–water partition coefficient (Wildman–Crippen LogP) is 1.32. The van der Waals surface area contributed by atoms with Gasteiger partial charge in [-0.05, 0) is 12.1 Å². The second-order valence-corrected chi connectivity index (χ2v) is 5.40. The molecular weight excluding hydrogens is 276 g/mol.